The maximum absolute atomic E-state index is 12.3. The second kappa shape index (κ2) is 6.72. The van der Waals surface area contributed by atoms with Gasteiger partial charge in [0.2, 0.25) is 0 Å². The molecule has 1 N–H and O–H groups in total. The summed E-state index contributed by atoms with van der Waals surface area (Å²) in [4.78, 5) is 13.9. The maximum atomic E-state index is 12.3. The van der Waals surface area contributed by atoms with Crippen LogP contribution in [0.5, 0.6) is 5.75 Å². The molecule has 1 amide bonds. The Morgan fingerprint density at radius 1 is 1.38 bits per heavy atom. The molecule has 1 fully saturated rings. The molecule has 0 bridgehead atoms. The topological polar surface area (TPSA) is 41.6 Å². The number of nitrogens with zero attached hydrogens (tertiary/aromatic N) is 1. The van der Waals surface area contributed by atoms with Gasteiger partial charge in [0.1, 0.15) is 11.4 Å². The standard InChI is InChI=1S/C16H20N2O2S/c1-4-9-18-15(19)13(17-16(18)21)10-12-7-5-6-8-14(12)20-11(2)3/h5-8,10-11H,4,9H2,1-3H3,(H,17,21)/b13-10+. The second-order valence-electron chi connectivity index (χ2n) is 5.15. The highest BCUT2D eigenvalue weighted by molar-refractivity contribution is 7.80. The van der Waals surface area contributed by atoms with Crippen LogP contribution in [0, 0.1) is 0 Å². The van der Waals surface area contributed by atoms with E-state index in [0.717, 1.165) is 17.7 Å². The first-order chi connectivity index (χ1) is 10.0. The predicted molar refractivity (Wildman–Crippen MR) is 87.9 cm³/mol. The van der Waals surface area contributed by atoms with Crippen molar-refractivity contribution < 1.29 is 9.53 Å². The molecular formula is C16H20N2O2S. The van der Waals surface area contributed by atoms with E-state index in [9.17, 15) is 4.79 Å². The summed E-state index contributed by atoms with van der Waals surface area (Å²) in [5.41, 5.74) is 1.36. The van der Waals surface area contributed by atoms with Crippen molar-refractivity contribution in [1.29, 1.82) is 0 Å². The molecule has 4 nitrogen and oxygen atoms in total. The maximum Gasteiger partial charge on any atom is 0.276 e. The zero-order valence-electron chi connectivity index (χ0n) is 12.6. The third-order valence-corrected chi connectivity index (χ3v) is 3.31. The number of thiocarbonyl (C=S) groups is 1. The molecule has 0 atom stereocenters. The lowest BCUT2D eigenvalue weighted by atomic mass is 10.1. The van der Waals surface area contributed by atoms with Crippen molar-refractivity contribution in [3.8, 4) is 5.75 Å². The predicted octanol–water partition coefficient (Wildman–Crippen LogP) is 2.94. The number of para-hydroxylation sites is 1. The molecule has 0 saturated carbocycles. The van der Waals surface area contributed by atoms with Crippen LogP contribution in [0.3, 0.4) is 0 Å². The largest absolute Gasteiger partial charge is 0.490 e. The van der Waals surface area contributed by atoms with Crippen LogP contribution < -0.4 is 10.1 Å². The first-order valence-corrected chi connectivity index (χ1v) is 7.54. The molecule has 0 aromatic heterocycles. The summed E-state index contributed by atoms with van der Waals surface area (Å²) >= 11 is 5.20. The number of hydrogen-bond acceptors (Lipinski definition) is 3. The van der Waals surface area contributed by atoms with Crippen molar-refractivity contribution in [3.63, 3.8) is 0 Å². The summed E-state index contributed by atoms with van der Waals surface area (Å²) in [6, 6.07) is 7.65. The fourth-order valence-corrected chi connectivity index (χ4v) is 2.40. The van der Waals surface area contributed by atoms with Crippen LogP contribution in [0.2, 0.25) is 0 Å². The van der Waals surface area contributed by atoms with E-state index in [1.54, 1.807) is 11.0 Å². The Kier molecular flexibility index (Phi) is 4.96. The number of nitrogens with one attached hydrogen (secondary N) is 1. The Balaban J connectivity index is 2.28. The number of carbonyl (C=O) groups is 1. The number of benzene rings is 1. The minimum atomic E-state index is -0.0822. The van der Waals surface area contributed by atoms with Crippen molar-refractivity contribution in [1.82, 2.24) is 10.2 Å². The van der Waals surface area contributed by atoms with Crippen molar-refractivity contribution in [3.05, 3.63) is 35.5 Å². The average Bonchev–Trinajstić information content (AvgIpc) is 2.69. The number of hydrogen-bond donors (Lipinski definition) is 1. The lowest BCUT2D eigenvalue weighted by molar-refractivity contribution is -0.122. The Labute approximate surface area is 130 Å². The highest BCUT2D eigenvalue weighted by Crippen LogP contribution is 2.23. The van der Waals surface area contributed by atoms with Gasteiger partial charge < -0.3 is 10.1 Å². The average molecular weight is 304 g/mol. The fourth-order valence-electron chi connectivity index (χ4n) is 2.11. The van der Waals surface area contributed by atoms with Crippen LogP contribution in [-0.4, -0.2) is 28.6 Å². The van der Waals surface area contributed by atoms with Crippen LogP contribution >= 0.6 is 12.2 Å². The number of rotatable bonds is 5. The number of ether oxygens (including phenoxy) is 1. The molecule has 2 rings (SSSR count). The summed E-state index contributed by atoms with van der Waals surface area (Å²) in [5.74, 6) is 0.677. The molecule has 21 heavy (non-hydrogen) atoms. The van der Waals surface area contributed by atoms with E-state index in [1.165, 1.54) is 0 Å². The number of amides is 1. The summed E-state index contributed by atoms with van der Waals surface area (Å²) in [6.07, 6.45) is 2.74. The molecular weight excluding hydrogens is 284 g/mol. The van der Waals surface area contributed by atoms with Gasteiger partial charge in [0.25, 0.3) is 5.91 Å². The van der Waals surface area contributed by atoms with Gasteiger partial charge in [0.15, 0.2) is 5.11 Å². The highest BCUT2D eigenvalue weighted by Gasteiger charge is 2.29. The third kappa shape index (κ3) is 3.61. The minimum absolute atomic E-state index is 0.0782. The van der Waals surface area contributed by atoms with Gasteiger partial charge in [0.05, 0.1) is 6.10 Å². The van der Waals surface area contributed by atoms with Gasteiger partial charge in [-0.3, -0.25) is 9.69 Å². The summed E-state index contributed by atoms with van der Waals surface area (Å²) in [5, 5.41) is 3.45. The van der Waals surface area contributed by atoms with Crippen molar-refractivity contribution >= 4 is 29.3 Å². The molecule has 1 saturated heterocycles. The van der Waals surface area contributed by atoms with Crippen molar-refractivity contribution in [2.45, 2.75) is 33.3 Å². The van der Waals surface area contributed by atoms with E-state index in [0.29, 0.717) is 17.4 Å². The highest BCUT2D eigenvalue weighted by atomic mass is 32.1. The molecule has 5 heteroatoms. The minimum Gasteiger partial charge on any atom is -0.490 e. The van der Waals surface area contributed by atoms with Gasteiger partial charge in [-0.2, -0.15) is 0 Å². The second-order valence-corrected chi connectivity index (χ2v) is 5.54. The molecule has 0 unspecified atom stereocenters. The van der Waals surface area contributed by atoms with E-state index >= 15 is 0 Å². The van der Waals surface area contributed by atoms with Crippen LogP contribution in [0.25, 0.3) is 6.08 Å². The van der Waals surface area contributed by atoms with E-state index < -0.39 is 0 Å². The van der Waals surface area contributed by atoms with E-state index in [2.05, 4.69) is 5.32 Å². The number of carbonyl (C=O) groups excluding carboxylic acids is 1. The van der Waals surface area contributed by atoms with E-state index in [-0.39, 0.29) is 12.0 Å². The monoisotopic (exact) mass is 304 g/mol. The molecule has 0 spiro atoms. The summed E-state index contributed by atoms with van der Waals surface area (Å²) in [6.45, 7) is 6.59. The third-order valence-electron chi connectivity index (χ3n) is 2.99. The molecule has 0 aliphatic carbocycles. The van der Waals surface area contributed by atoms with Gasteiger partial charge in [-0.05, 0) is 44.6 Å². The van der Waals surface area contributed by atoms with Gasteiger partial charge in [-0.15, -0.1) is 0 Å². The normalized spacial score (nSPS) is 16.8. The Morgan fingerprint density at radius 2 is 2.10 bits per heavy atom. The van der Waals surface area contributed by atoms with Crippen molar-refractivity contribution in [2.24, 2.45) is 0 Å². The van der Waals surface area contributed by atoms with Gasteiger partial charge >= 0.3 is 0 Å². The smallest absolute Gasteiger partial charge is 0.276 e. The van der Waals surface area contributed by atoms with Crippen LogP contribution in [0.15, 0.2) is 30.0 Å². The van der Waals surface area contributed by atoms with Gasteiger partial charge in [-0.25, -0.2) is 0 Å². The molecule has 1 aliphatic rings. The van der Waals surface area contributed by atoms with E-state index in [4.69, 9.17) is 17.0 Å². The fraction of sp³-hybridized carbons (Fsp3) is 0.375. The molecule has 1 heterocycles. The van der Waals surface area contributed by atoms with Crippen LogP contribution in [0.4, 0.5) is 0 Å². The SMILES string of the molecule is CCCN1C(=O)/C(=C\c2ccccc2OC(C)C)NC1=S. The Morgan fingerprint density at radius 3 is 2.76 bits per heavy atom. The molecule has 0 radical (unpaired) electrons. The van der Waals surface area contributed by atoms with Crippen molar-refractivity contribution in [2.75, 3.05) is 6.54 Å². The van der Waals surface area contributed by atoms with E-state index in [1.807, 2.05) is 45.0 Å². The molecule has 1 aromatic carbocycles. The molecule has 1 aliphatic heterocycles. The van der Waals surface area contributed by atoms with Gasteiger partial charge in [-0.1, -0.05) is 25.1 Å². The zero-order valence-corrected chi connectivity index (χ0v) is 13.4. The summed E-state index contributed by atoms with van der Waals surface area (Å²) in [7, 11) is 0. The quantitative estimate of drug-likeness (QED) is 0.671. The lowest BCUT2D eigenvalue weighted by Gasteiger charge is -2.12. The first-order valence-electron chi connectivity index (χ1n) is 7.13. The first kappa shape index (κ1) is 15.5. The van der Waals surface area contributed by atoms with Gasteiger partial charge in [0, 0.05) is 12.1 Å². The van der Waals surface area contributed by atoms with Crippen LogP contribution in [0.1, 0.15) is 32.8 Å². The summed E-state index contributed by atoms with van der Waals surface area (Å²) < 4.78 is 5.76. The molecule has 1 aromatic rings. The Bertz CT molecular complexity index is 581. The zero-order chi connectivity index (χ0) is 15.4. The van der Waals surface area contributed by atoms with Crippen LogP contribution in [-0.2, 0) is 4.79 Å². The molecule has 112 valence electrons. The lowest BCUT2D eigenvalue weighted by Crippen LogP contribution is -2.31. The Hall–Kier alpha value is -1.88.